The minimum atomic E-state index is -0.450. The third-order valence-corrected chi connectivity index (χ3v) is 4.07. The Labute approximate surface area is 110 Å². The number of thiazole rings is 1. The number of nitrogens with zero attached hydrogens (tertiary/aromatic N) is 1. The van der Waals surface area contributed by atoms with E-state index in [1.165, 1.54) is 22.5 Å². The van der Waals surface area contributed by atoms with Gasteiger partial charge in [0, 0.05) is 18.0 Å². The molecular weight excluding hydrogens is 246 g/mol. The number of hydrogen-bond donors (Lipinski definition) is 1. The SMILES string of the molecule is OC(CCc1ccc2c(c1)CCO2)c1nccs1. The fraction of sp³-hybridized carbons (Fsp3) is 0.357. The van der Waals surface area contributed by atoms with Crippen molar-refractivity contribution in [3.8, 4) is 5.75 Å². The van der Waals surface area contributed by atoms with E-state index < -0.39 is 6.10 Å². The maximum absolute atomic E-state index is 9.99. The largest absolute Gasteiger partial charge is 0.493 e. The third kappa shape index (κ3) is 2.40. The van der Waals surface area contributed by atoms with Crippen LogP contribution in [0.3, 0.4) is 0 Å². The number of ether oxygens (including phenoxy) is 1. The Balaban J connectivity index is 1.63. The molecular formula is C14H15NO2S. The van der Waals surface area contributed by atoms with Gasteiger partial charge in [0.25, 0.3) is 0 Å². The Hall–Kier alpha value is -1.39. The van der Waals surface area contributed by atoms with Crippen molar-refractivity contribution in [1.82, 2.24) is 4.98 Å². The number of aryl methyl sites for hydroxylation is 1. The summed E-state index contributed by atoms with van der Waals surface area (Å²) < 4.78 is 5.48. The van der Waals surface area contributed by atoms with Gasteiger partial charge in [-0.05, 0) is 30.0 Å². The first kappa shape index (κ1) is 11.7. The fourth-order valence-corrected chi connectivity index (χ4v) is 2.88. The molecule has 0 aliphatic carbocycles. The zero-order chi connectivity index (χ0) is 12.4. The minimum Gasteiger partial charge on any atom is -0.493 e. The van der Waals surface area contributed by atoms with Gasteiger partial charge in [-0.15, -0.1) is 11.3 Å². The van der Waals surface area contributed by atoms with Crippen LogP contribution in [0.5, 0.6) is 5.75 Å². The molecule has 1 aliphatic heterocycles. The second-order valence-corrected chi connectivity index (χ2v) is 5.39. The van der Waals surface area contributed by atoms with E-state index in [9.17, 15) is 5.11 Å². The molecule has 0 amide bonds. The molecule has 0 radical (unpaired) electrons. The van der Waals surface area contributed by atoms with E-state index in [2.05, 4.69) is 17.1 Å². The zero-order valence-corrected chi connectivity index (χ0v) is 10.8. The first-order valence-corrected chi connectivity index (χ1v) is 7.03. The quantitative estimate of drug-likeness (QED) is 0.920. The van der Waals surface area contributed by atoms with Crippen molar-refractivity contribution in [3.63, 3.8) is 0 Å². The summed E-state index contributed by atoms with van der Waals surface area (Å²) in [4.78, 5) is 4.13. The van der Waals surface area contributed by atoms with Gasteiger partial charge >= 0.3 is 0 Å². The number of aliphatic hydroxyl groups is 1. The smallest absolute Gasteiger partial charge is 0.122 e. The van der Waals surface area contributed by atoms with Gasteiger partial charge < -0.3 is 9.84 Å². The Morgan fingerprint density at radius 3 is 3.22 bits per heavy atom. The van der Waals surface area contributed by atoms with Gasteiger partial charge in [-0.2, -0.15) is 0 Å². The van der Waals surface area contributed by atoms with Crippen LogP contribution in [0, 0.1) is 0 Å². The van der Waals surface area contributed by atoms with Crippen LogP contribution in [0.2, 0.25) is 0 Å². The topological polar surface area (TPSA) is 42.4 Å². The van der Waals surface area contributed by atoms with Crippen molar-refractivity contribution >= 4 is 11.3 Å². The molecule has 0 fully saturated rings. The van der Waals surface area contributed by atoms with Crippen LogP contribution in [-0.4, -0.2) is 16.7 Å². The highest BCUT2D eigenvalue weighted by Crippen LogP contribution is 2.27. The van der Waals surface area contributed by atoms with Crippen LogP contribution in [0.4, 0.5) is 0 Å². The molecule has 1 aromatic carbocycles. The van der Waals surface area contributed by atoms with Gasteiger partial charge in [-0.1, -0.05) is 12.1 Å². The molecule has 0 saturated heterocycles. The van der Waals surface area contributed by atoms with Crippen LogP contribution in [0.1, 0.15) is 28.7 Å². The predicted octanol–water partition coefficient (Wildman–Crippen LogP) is 2.74. The average Bonchev–Trinajstić information content (AvgIpc) is 3.05. The highest BCUT2D eigenvalue weighted by atomic mass is 32.1. The number of rotatable bonds is 4. The molecule has 1 atom stereocenters. The number of aliphatic hydroxyl groups excluding tert-OH is 1. The van der Waals surface area contributed by atoms with Crippen LogP contribution in [0.25, 0.3) is 0 Å². The number of aromatic nitrogens is 1. The first-order valence-electron chi connectivity index (χ1n) is 6.15. The summed E-state index contributed by atoms with van der Waals surface area (Å²) in [7, 11) is 0. The van der Waals surface area contributed by atoms with E-state index in [1.54, 1.807) is 6.20 Å². The van der Waals surface area contributed by atoms with Crippen molar-refractivity contribution in [2.45, 2.75) is 25.4 Å². The summed E-state index contributed by atoms with van der Waals surface area (Å²) in [6, 6.07) is 6.31. The Bertz CT molecular complexity index is 525. The molecule has 94 valence electrons. The van der Waals surface area contributed by atoms with Crippen LogP contribution < -0.4 is 4.74 Å². The Morgan fingerprint density at radius 2 is 2.39 bits per heavy atom. The number of fused-ring (bicyclic) bond motifs is 1. The average molecular weight is 261 g/mol. The normalized spacial score (nSPS) is 15.2. The standard InChI is InChI=1S/C14H15NO2S/c16-12(14-15-6-8-18-14)3-1-10-2-4-13-11(9-10)5-7-17-13/h2,4,6,8-9,12,16H,1,3,5,7H2. The maximum Gasteiger partial charge on any atom is 0.122 e. The van der Waals surface area contributed by atoms with Crippen molar-refractivity contribution in [3.05, 3.63) is 45.9 Å². The molecule has 0 spiro atoms. The predicted molar refractivity (Wildman–Crippen MR) is 71.0 cm³/mol. The summed E-state index contributed by atoms with van der Waals surface area (Å²) in [5.41, 5.74) is 2.55. The molecule has 1 unspecified atom stereocenters. The van der Waals surface area contributed by atoms with Gasteiger partial charge in [-0.25, -0.2) is 4.98 Å². The minimum absolute atomic E-state index is 0.450. The van der Waals surface area contributed by atoms with Gasteiger partial charge in [-0.3, -0.25) is 0 Å². The molecule has 0 bridgehead atoms. The first-order chi connectivity index (χ1) is 8.83. The zero-order valence-electron chi connectivity index (χ0n) is 10.0. The van der Waals surface area contributed by atoms with Crippen LogP contribution in [-0.2, 0) is 12.8 Å². The molecule has 4 heteroatoms. The fourth-order valence-electron chi connectivity index (χ4n) is 2.22. The van der Waals surface area contributed by atoms with Crippen LogP contribution in [0.15, 0.2) is 29.8 Å². The summed E-state index contributed by atoms with van der Waals surface area (Å²) >= 11 is 1.51. The number of benzene rings is 1. The lowest BCUT2D eigenvalue weighted by atomic mass is 10.0. The molecule has 2 heterocycles. The molecule has 2 aromatic rings. The summed E-state index contributed by atoms with van der Waals surface area (Å²) in [6.07, 6.45) is 3.87. The lowest BCUT2D eigenvalue weighted by molar-refractivity contribution is 0.167. The van der Waals surface area contributed by atoms with E-state index in [0.29, 0.717) is 6.42 Å². The molecule has 18 heavy (non-hydrogen) atoms. The van der Waals surface area contributed by atoms with Crippen molar-refractivity contribution in [2.75, 3.05) is 6.61 Å². The van der Waals surface area contributed by atoms with Crippen LogP contribution >= 0.6 is 11.3 Å². The number of hydrogen-bond acceptors (Lipinski definition) is 4. The maximum atomic E-state index is 9.99. The highest BCUT2D eigenvalue weighted by Gasteiger charge is 2.14. The molecule has 0 saturated carbocycles. The van der Waals surface area contributed by atoms with Crippen molar-refractivity contribution < 1.29 is 9.84 Å². The van der Waals surface area contributed by atoms with Gasteiger partial charge in [0.15, 0.2) is 0 Å². The Kier molecular flexibility index (Phi) is 3.30. The third-order valence-electron chi connectivity index (χ3n) is 3.20. The van der Waals surface area contributed by atoms with Gasteiger partial charge in [0.05, 0.1) is 6.61 Å². The van der Waals surface area contributed by atoms with Gasteiger partial charge in [0.2, 0.25) is 0 Å². The van der Waals surface area contributed by atoms with Gasteiger partial charge in [0.1, 0.15) is 16.9 Å². The van der Waals surface area contributed by atoms with E-state index in [-0.39, 0.29) is 0 Å². The van der Waals surface area contributed by atoms with E-state index in [4.69, 9.17) is 4.74 Å². The van der Waals surface area contributed by atoms with Crippen molar-refractivity contribution in [2.24, 2.45) is 0 Å². The van der Waals surface area contributed by atoms with E-state index in [1.807, 2.05) is 11.4 Å². The monoisotopic (exact) mass is 261 g/mol. The molecule has 1 N–H and O–H groups in total. The summed E-state index contributed by atoms with van der Waals surface area (Å²) in [6.45, 7) is 0.792. The molecule has 1 aliphatic rings. The van der Waals surface area contributed by atoms with E-state index in [0.717, 1.165) is 30.2 Å². The second-order valence-electron chi connectivity index (χ2n) is 4.47. The lowest BCUT2D eigenvalue weighted by Crippen LogP contribution is -1.99. The Morgan fingerprint density at radius 1 is 1.44 bits per heavy atom. The summed E-state index contributed by atoms with van der Waals surface area (Å²) in [5, 5.41) is 12.7. The lowest BCUT2D eigenvalue weighted by Gasteiger charge is -2.08. The molecule has 3 nitrogen and oxygen atoms in total. The van der Waals surface area contributed by atoms with E-state index >= 15 is 0 Å². The van der Waals surface area contributed by atoms with Crippen molar-refractivity contribution in [1.29, 1.82) is 0 Å². The highest BCUT2D eigenvalue weighted by molar-refractivity contribution is 7.09. The second kappa shape index (κ2) is 5.08. The molecule has 3 rings (SSSR count). The molecule has 1 aromatic heterocycles. The summed E-state index contributed by atoms with van der Waals surface area (Å²) in [5.74, 6) is 1.01.